The molecule has 1 heterocycles. The van der Waals surface area contributed by atoms with Crippen LogP contribution in [0.3, 0.4) is 0 Å². The van der Waals surface area contributed by atoms with E-state index < -0.39 is 0 Å². The molecule has 0 radical (unpaired) electrons. The fourth-order valence-corrected chi connectivity index (χ4v) is 2.96. The first-order valence-electron chi connectivity index (χ1n) is 6.26. The summed E-state index contributed by atoms with van der Waals surface area (Å²) < 4.78 is 13.6. The highest BCUT2D eigenvalue weighted by Gasteiger charge is 2.29. The van der Waals surface area contributed by atoms with Gasteiger partial charge in [0.1, 0.15) is 5.82 Å². The van der Waals surface area contributed by atoms with Gasteiger partial charge >= 0.3 is 0 Å². The molecule has 1 aliphatic rings. The van der Waals surface area contributed by atoms with Crippen molar-refractivity contribution >= 4 is 21.8 Å². The number of hydrogen-bond acceptors (Lipinski definition) is 1. The molecule has 4 heteroatoms. The quantitative estimate of drug-likeness (QED) is 0.771. The molecule has 1 aromatic carbocycles. The predicted molar refractivity (Wildman–Crippen MR) is 73.0 cm³/mol. The van der Waals surface area contributed by atoms with E-state index in [1.807, 2.05) is 4.90 Å². The van der Waals surface area contributed by atoms with Crippen LogP contribution >= 0.6 is 15.9 Å². The van der Waals surface area contributed by atoms with Gasteiger partial charge in [0.25, 0.3) is 5.91 Å². The third-order valence-electron chi connectivity index (χ3n) is 3.80. The molecule has 0 saturated carbocycles. The summed E-state index contributed by atoms with van der Waals surface area (Å²) in [4.78, 5) is 14.4. The Morgan fingerprint density at radius 2 is 2.17 bits per heavy atom. The molecule has 0 aromatic heterocycles. The number of piperidine rings is 1. The largest absolute Gasteiger partial charge is 0.336 e. The lowest BCUT2D eigenvalue weighted by Crippen LogP contribution is -2.46. The van der Waals surface area contributed by atoms with Gasteiger partial charge in [0.15, 0.2) is 0 Å². The maximum absolute atomic E-state index is 13.0. The van der Waals surface area contributed by atoms with Crippen molar-refractivity contribution in [3.63, 3.8) is 0 Å². The second kappa shape index (κ2) is 5.39. The van der Waals surface area contributed by atoms with Crippen LogP contribution in [0.15, 0.2) is 22.7 Å². The van der Waals surface area contributed by atoms with E-state index in [1.54, 1.807) is 6.07 Å². The van der Waals surface area contributed by atoms with Gasteiger partial charge in [-0.15, -0.1) is 0 Å². The zero-order chi connectivity index (χ0) is 13.3. The minimum atomic E-state index is -0.335. The van der Waals surface area contributed by atoms with Crippen LogP contribution in [0.2, 0.25) is 0 Å². The monoisotopic (exact) mass is 313 g/mol. The first-order valence-corrected chi connectivity index (χ1v) is 7.06. The Morgan fingerprint density at radius 3 is 2.83 bits per heavy atom. The van der Waals surface area contributed by atoms with Gasteiger partial charge in [0, 0.05) is 17.1 Å². The summed E-state index contributed by atoms with van der Waals surface area (Å²) in [6, 6.07) is 4.46. The lowest BCUT2D eigenvalue weighted by atomic mass is 9.91. The molecule has 98 valence electrons. The van der Waals surface area contributed by atoms with Crippen molar-refractivity contribution in [3.8, 4) is 0 Å². The van der Waals surface area contributed by atoms with Crippen molar-refractivity contribution in [3.05, 3.63) is 34.1 Å². The zero-order valence-electron chi connectivity index (χ0n) is 10.6. The number of halogens is 2. The lowest BCUT2D eigenvalue weighted by molar-refractivity contribution is 0.0550. The molecule has 1 saturated heterocycles. The highest BCUT2D eigenvalue weighted by molar-refractivity contribution is 9.10. The van der Waals surface area contributed by atoms with Crippen LogP contribution in [0.25, 0.3) is 0 Å². The Hall–Kier alpha value is -0.900. The first-order chi connectivity index (χ1) is 8.50. The van der Waals surface area contributed by atoms with Crippen LogP contribution in [-0.2, 0) is 0 Å². The topological polar surface area (TPSA) is 20.3 Å². The molecule has 1 aliphatic heterocycles. The van der Waals surface area contributed by atoms with Crippen molar-refractivity contribution < 1.29 is 9.18 Å². The van der Waals surface area contributed by atoms with Gasteiger partial charge in [-0.1, -0.05) is 6.92 Å². The van der Waals surface area contributed by atoms with E-state index >= 15 is 0 Å². The third kappa shape index (κ3) is 2.58. The number of carbonyl (C=O) groups excluding carboxylic acids is 1. The Balaban J connectivity index is 2.25. The maximum Gasteiger partial charge on any atom is 0.255 e. The van der Waals surface area contributed by atoms with Crippen molar-refractivity contribution in [1.29, 1.82) is 0 Å². The molecule has 1 amide bonds. The average molecular weight is 314 g/mol. The van der Waals surface area contributed by atoms with Gasteiger partial charge in [0.2, 0.25) is 0 Å². The fraction of sp³-hybridized carbons (Fsp3) is 0.500. The molecule has 2 nitrogen and oxygen atoms in total. The number of carbonyl (C=O) groups is 1. The molecule has 1 aromatic rings. The first kappa shape index (κ1) is 13.5. The molecule has 0 N–H and O–H groups in total. The van der Waals surface area contributed by atoms with Crippen LogP contribution in [0, 0.1) is 11.7 Å². The van der Waals surface area contributed by atoms with Crippen LogP contribution < -0.4 is 0 Å². The van der Waals surface area contributed by atoms with Crippen LogP contribution in [0.5, 0.6) is 0 Å². The van der Waals surface area contributed by atoms with E-state index in [1.165, 1.54) is 12.1 Å². The number of rotatable bonds is 1. The summed E-state index contributed by atoms with van der Waals surface area (Å²) in [5.41, 5.74) is 0.539. The molecule has 2 atom stereocenters. The van der Waals surface area contributed by atoms with Gasteiger partial charge in [-0.3, -0.25) is 4.79 Å². The third-order valence-corrected chi connectivity index (χ3v) is 4.45. The Bertz CT molecular complexity index is 463. The van der Waals surface area contributed by atoms with Crippen molar-refractivity contribution in [1.82, 2.24) is 4.90 Å². The smallest absolute Gasteiger partial charge is 0.255 e. The van der Waals surface area contributed by atoms with Gasteiger partial charge in [0.05, 0.1) is 5.56 Å². The van der Waals surface area contributed by atoms with Crippen LogP contribution in [0.4, 0.5) is 4.39 Å². The van der Waals surface area contributed by atoms with Crippen molar-refractivity contribution in [2.24, 2.45) is 5.92 Å². The average Bonchev–Trinajstić information content (AvgIpc) is 2.32. The fourth-order valence-electron chi connectivity index (χ4n) is 2.44. The van der Waals surface area contributed by atoms with E-state index in [4.69, 9.17) is 0 Å². The van der Waals surface area contributed by atoms with E-state index in [-0.39, 0.29) is 17.8 Å². The van der Waals surface area contributed by atoms with Gasteiger partial charge < -0.3 is 4.90 Å². The van der Waals surface area contributed by atoms with Crippen LogP contribution in [-0.4, -0.2) is 23.4 Å². The number of amides is 1. The molecular weight excluding hydrogens is 297 g/mol. The Kier molecular flexibility index (Phi) is 4.05. The van der Waals surface area contributed by atoms with Crippen molar-refractivity contribution in [2.45, 2.75) is 32.7 Å². The Morgan fingerprint density at radius 1 is 1.44 bits per heavy atom. The standard InChI is InChI=1S/C14H17BrFNO/c1-9-4-3-7-17(10(9)2)14(18)12-6-5-11(16)8-13(12)15/h5-6,8-10H,3-4,7H2,1-2H3. The second-order valence-corrected chi connectivity index (χ2v) is 5.84. The molecule has 0 aliphatic carbocycles. The summed E-state index contributed by atoms with van der Waals surface area (Å²) in [6.45, 7) is 5.04. The zero-order valence-corrected chi connectivity index (χ0v) is 12.2. The maximum atomic E-state index is 13.0. The minimum Gasteiger partial charge on any atom is -0.336 e. The molecule has 0 bridgehead atoms. The lowest BCUT2D eigenvalue weighted by Gasteiger charge is -2.38. The summed E-state index contributed by atoms with van der Waals surface area (Å²) >= 11 is 3.26. The number of hydrogen-bond donors (Lipinski definition) is 0. The predicted octanol–water partition coefficient (Wildman–Crippen LogP) is 3.85. The van der Waals surface area contributed by atoms with E-state index in [2.05, 4.69) is 29.8 Å². The minimum absolute atomic E-state index is 0.0130. The Labute approximate surface area is 115 Å². The molecule has 1 fully saturated rings. The van der Waals surface area contributed by atoms with Crippen molar-refractivity contribution in [2.75, 3.05) is 6.54 Å². The molecule has 18 heavy (non-hydrogen) atoms. The van der Waals surface area contributed by atoms with Gasteiger partial charge in [-0.2, -0.15) is 0 Å². The second-order valence-electron chi connectivity index (χ2n) is 4.98. The summed E-state index contributed by atoms with van der Waals surface area (Å²) in [5.74, 6) is 0.168. The highest BCUT2D eigenvalue weighted by Crippen LogP contribution is 2.27. The summed E-state index contributed by atoms with van der Waals surface area (Å²) in [6.07, 6.45) is 2.20. The van der Waals surface area contributed by atoms with Gasteiger partial charge in [-0.25, -0.2) is 4.39 Å². The molecule has 2 unspecified atom stereocenters. The van der Waals surface area contributed by atoms with E-state index in [0.29, 0.717) is 16.0 Å². The van der Waals surface area contributed by atoms with E-state index in [9.17, 15) is 9.18 Å². The number of benzene rings is 1. The summed E-state index contributed by atoms with van der Waals surface area (Å²) in [5, 5.41) is 0. The molecule has 2 rings (SSSR count). The summed E-state index contributed by atoms with van der Waals surface area (Å²) in [7, 11) is 0. The molecule has 0 spiro atoms. The normalized spacial score (nSPS) is 24.1. The molecular formula is C14H17BrFNO. The highest BCUT2D eigenvalue weighted by atomic mass is 79.9. The van der Waals surface area contributed by atoms with E-state index in [0.717, 1.165) is 19.4 Å². The number of likely N-dealkylation sites (tertiary alicyclic amines) is 1. The number of nitrogens with zero attached hydrogens (tertiary/aromatic N) is 1. The van der Waals surface area contributed by atoms with Gasteiger partial charge in [-0.05, 0) is 59.8 Å². The van der Waals surface area contributed by atoms with Crippen LogP contribution in [0.1, 0.15) is 37.0 Å². The SMILES string of the molecule is CC1CCCN(C(=O)c2ccc(F)cc2Br)C1C.